The van der Waals surface area contributed by atoms with Gasteiger partial charge in [0.2, 0.25) is 0 Å². The summed E-state index contributed by atoms with van der Waals surface area (Å²) in [5.41, 5.74) is 1.11. The van der Waals surface area contributed by atoms with Crippen LogP contribution in [0, 0.1) is 58.2 Å². The van der Waals surface area contributed by atoms with Crippen LogP contribution in [0.1, 0.15) is 94.9 Å². The van der Waals surface area contributed by atoms with E-state index in [4.69, 9.17) is 0 Å². The largest absolute Gasteiger partial charge is 0.0651 e. The minimum absolute atomic E-state index is 0.519. The normalized spacial score (nSPS) is 43.9. The summed E-state index contributed by atoms with van der Waals surface area (Å²) in [7, 11) is 0. The van der Waals surface area contributed by atoms with E-state index in [0.717, 1.165) is 47.3 Å². The van der Waals surface area contributed by atoms with E-state index in [1.165, 1.54) is 25.7 Å². The van der Waals surface area contributed by atoms with Crippen LogP contribution in [0.2, 0.25) is 0 Å². The standard InChI is InChI=1S/C24H46/c1-11-21-18(7)22(21)23(10,14-15(3)4)19(8)20(9)24(12-2)16(5)13-17(24)6/h15-22H,11-14H2,1-10H3. The zero-order chi connectivity index (χ0) is 18.4. The van der Waals surface area contributed by atoms with Gasteiger partial charge in [-0.15, -0.1) is 0 Å². The summed E-state index contributed by atoms with van der Waals surface area (Å²) in [5.74, 6) is 7.20. The van der Waals surface area contributed by atoms with Crippen molar-refractivity contribution in [1.29, 1.82) is 0 Å². The predicted molar refractivity (Wildman–Crippen MR) is 108 cm³/mol. The molecular formula is C24H46. The highest BCUT2D eigenvalue weighted by Crippen LogP contribution is 2.67. The van der Waals surface area contributed by atoms with E-state index in [2.05, 4.69) is 69.2 Å². The first-order chi connectivity index (χ1) is 11.1. The molecule has 0 heterocycles. The van der Waals surface area contributed by atoms with E-state index in [1.54, 1.807) is 0 Å². The second kappa shape index (κ2) is 6.96. The van der Waals surface area contributed by atoms with Crippen molar-refractivity contribution in [2.75, 3.05) is 0 Å². The van der Waals surface area contributed by atoms with Crippen LogP contribution in [-0.2, 0) is 0 Å². The molecule has 0 aromatic carbocycles. The number of hydrogen-bond donors (Lipinski definition) is 0. The Morgan fingerprint density at radius 1 is 1.00 bits per heavy atom. The maximum absolute atomic E-state index is 2.67. The molecule has 8 unspecified atom stereocenters. The summed E-state index contributed by atoms with van der Waals surface area (Å²) in [5, 5.41) is 0. The summed E-state index contributed by atoms with van der Waals surface area (Å²) in [6.07, 6.45) is 5.61. The quantitative estimate of drug-likeness (QED) is 0.427. The molecule has 2 saturated carbocycles. The summed E-state index contributed by atoms with van der Waals surface area (Å²) in [4.78, 5) is 0. The summed E-state index contributed by atoms with van der Waals surface area (Å²) in [6.45, 7) is 25.2. The minimum Gasteiger partial charge on any atom is -0.0651 e. The van der Waals surface area contributed by atoms with Gasteiger partial charge in [-0.05, 0) is 77.4 Å². The first kappa shape index (κ1) is 20.3. The first-order valence-electron chi connectivity index (χ1n) is 11.1. The van der Waals surface area contributed by atoms with Gasteiger partial charge in [-0.2, -0.15) is 0 Å². The molecule has 2 fully saturated rings. The molecule has 0 nitrogen and oxygen atoms in total. The maximum atomic E-state index is 2.67. The molecule has 0 spiro atoms. The fraction of sp³-hybridized carbons (Fsp3) is 1.00. The Labute approximate surface area is 153 Å². The van der Waals surface area contributed by atoms with Crippen LogP contribution in [-0.4, -0.2) is 0 Å². The Kier molecular flexibility index (Phi) is 5.89. The highest BCUT2D eigenvalue weighted by Gasteiger charge is 2.61. The molecule has 2 aliphatic rings. The smallest absolute Gasteiger partial charge is 0.0220 e. The highest BCUT2D eigenvalue weighted by molar-refractivity contribution is 5.09. The van der Waals surface area contributed by atoms with Crippen molar-refractivity contribution in [3.8, 4) is 0 Å². The van der Waals surface area contributed by atoms with E-state index in [0.29, 0.717) is 10.8 Å². The van der Waals surface area contributed by atoms with E-state index in [9.17, 15) is 0 Å². The molecule has 0 aromatic rings. The number of hydrogen-bond acceptors (Lipinski definition) is 0. The van der Waals surface area contributed by atoms with Gasteiger partial charge < -0.3 is 0 Å². The van der Waals surface area contributed by atoms with Crippen molar-refractivity contribution < 1.29 is 0 Å². The first-order valence-corrected chi connectivity index (χ1v) is 11.1. The van der Waals surface area contributed by atoms with Crippen molar-refractivity contribution >= 4 is 0 Å². The Morgan fingerprint density at radius 3 is 1.88 bits per heavy atom. The molecule has 0 radical (unpaired) electrons. The Morgan fingerprint density at radius 2 is 1.54 bits per heavy atom. The fourth-order valence-corrected chi connectivity index (χ4v) is 8.01. The van der Waals surface area contributed by atoms with Crippen LogP contribution in [0.15, 0.2) is 0 Å². The zero-order valence-corrected chi connectivity index (χ0v) is 18.4. The summed E-state index contributed by atoms with van der Waals surface area (Å²) >= 11 is 0. The van der Waals surface area contributed by atoms with Crippen molar-refractivity contribution in [3.05, 3.63) is 0 Å². The van der Waals surface area contributed by atoms with Gasteiger partial charge in [-0.3, -0.25) is 0 Å². The van der Waals surface area contributed by atoms with Gasteiger partial charge in [0.15, 0.2) is 0 Å². The predicted octanol–water partition coefficient (Wildman–Crippen LogP) is 7.68. The monoisotopic (exact) mass is 334 g/mol. The molecular weight excluding hydrogens is 288 g/mol. The zero-order valence-electron chi connectivity index (χ0n) is 18.4. The molecule has 24 heavy (non-hydrogen) atoms. The third-order valence-corrected chi connectivity index (χ3v) is 9.44. The van der Waals surface area contributed by atoms with E-state index in [1.807, 2.05) is 0 Å². The SMILES string of the molecule is CCC1C(C)C1C(C)(CC(C)C)C(C)C(C)C1(CC)C(C)CC1C. The van der Waals surface area contributed by atoms with Gasteiger partial charge in [-0.1, -0.05) is 75.7 Å². The Bertz CT molecular complexity index is 414. The Hall–Kier alpha value is 0. The summed E-state index contributed by atoms with van der Waals surface area (Å²) in [6, 6.07) is 0. The van der Waals surface area contributed by atoms with Crippen LogP contribution in [0.3, 0.4) is 0 Å². The minimum atomic E-state index is 0.519. The van der Waals surface area contributed by atoms with Crippen molar-refractivity contribution in [2.45, 2.75) is 94.9 Å². The highest BCUT2D eigenvalue weighted by atomic mass is 14.7. The molecule has 8 atom stereocenters. The second-order valence-electron chi connectivity index (χ2n) is 10.6. The molecule has 0 N–H and O–H groups in total. The third-order valence-electron chi connectivity index (χ3n) is 9.44. The molecule has 0 bridgehead atoms. The van der Waals surface area contributed by atoms with E-state index >= 15 is 0 Å². The van der Waals surface area contributed by atoms with Crippen molar-refractivity contribution in [1.82, 2.24) is 0 Å². The van der Waals surface area contributed by atoms with Crippen LogP contribution in [0.5, 0.6) is 0 Å². The van der Waals surface area contributed by atoms with Crippen LogP contribution < -0.4 is 0 Å². The van der Waals surface area contributed by atoms with Gasteiger partial charge in [0.25, 0.3) is 0 Å². The molecule has 0 amide bonds. The van der Waals surface area contributed by atoms with E-state index < -0.39 is 0 Å². The van der Waals surface area contributed by atoms with Gasteiger partial charge in [-0.25, -0.2) is 0 Å². The second-order valence-corrected chi connectivity index (χ2v) is 10.6. The lowest BCUT2D eigenvalue weighted by molar-refractivity contribution is -0.124. The lowest BCUT2D eigenvalue weighted by Gasteiger charge is -2.61. The molecule has 0 aromatic heterocycles. The topological polar surface area (TPSA) is 0 Å². The maximum Gasteiger partial charge on any atom is -0.0220 e. The van der Waals surface area contributed by atoms with Gasteiger partial charge >= 0.3 is 0 Å². The average molecular weight is 335 g/mol. The lowest BCUT2D eigenvalue weighted by atomic mass is 9.44. The van der Waals surface area contributed by atoms with Gasteiger partial charge in [0, 0.05) is 0 Å². The van der Waals surface area contributed by atoms with Crippen LogP contribution >= 0.6 is 0 Å². The van der Waals surface area contributed by atoms with Crippen molar-refractivity contribution in [3.63, 3.8) is 0 Å². The lowest BCUT2D eigenvalue weighted by Crippen LogP contribution is -2.54. The molecule has 142 valence electrons. The summed E-state index contributed by atoms with van der Waals surface area (Å²) < 4.78 is 0. The van der Waals surface area contributed by atoms with Crippen molar-refractivity contribution in [2.24, 2.45) is 58.2 Å². The van der Waals surface area contributed by atoms with Gasteiger partial charge in [0.05, 0.1) is 0 Å². The average Bonchev–Trinajstić information content (AvgIpc) is 3.17. The van der Waals surface area contributed by atoms with Crippen LogP contribution in [0.4, 0.5) is 0 Å². The van der Waals surface area contributed by atoms with Crippen LogP contribution in [0.25, 0.3) is 0 Å². The van der Waals surface area contributed by atoms with Gasteiger partial charge in [0.1, 0.15) is 0 Å². The molecule has 0 saturated heterocycles. The molecule has 0 heteroatoms. The Balaban J connectivity index is 2.29. The molecule has 0 aliphatic heterocycles. The number of rotatable bonds is 8. The van der Waals surface area contributed by atoms with E-state index in [-0.39, 0.29) is 0 Å². The molecule has 2 rings (SSSR count). The molecule has 2 aliphatic carbocycles. The third kappa shape index (κ3) is 2.88. The fourth-order valence-electron chi connectivity index (χ4n) is 8.01.